The number of hydrogen-bond acceptors (Lipinski definition) is 21. The van der Waals surface area contributed by atoms with Gasteiger partial charge in [-0.2, -0.15) is 0 Å². The van der Waals surface area contributed by atoms with Crippen molar-refractivity contribution in [3.63, 3.8) is 0 Å². The van der Waals surface area contributed by atoms with Gasteiger partial charge in [-0.05, 0) is 32.1 Å². The molecule has 0 spiro atoms. The number of amides is 4. The van der Waals surface area contributed by atoms with Crippen LogP contribution < -0.4 is 21.3 Å². The molecule has 2 rings (SSSR count). The third-order valence-electron chi connectivity index (χ3n) is 9.85. The second-order valence-electron chi connectivity index (χ2n) is 15.0. The van der Waals surface area contributed by atoms with Gasteiger partial charge in [0.05, 0.1) is 38.6 Å². The van der Waals surface area contributed by atoms with E-state index < -0.39 is 135 Å². The second-order valence-corrected chi connectivity index (χ2v) is 15.0. The Morgan fingerprint density at radius 1 is 0.574 bits per heavy atom. The number of carbonyl (C=O) groups excluding carboxylic acids is 4. The van der Waals surface area contributed by atoms with Crippen molar-refractivity contribution in [2.75, 3.05) is 52.7 Å². The molecular weight excluding hydrogens is 824 g/mol. The highest BCUT2D eigenvalue weighted by molar-refractivity contribution is 5.89. The van der Waals surface area contributed by atoms with Crippen molar-refractivity contribution in [1.82, 2.24) is 21.3 Å². The van der Waals surface area contributed by atoms with Crippen molar-refractivity contribution < 1.29 is 105 Å². The molecule has 25 heteroatoms. The molecule has 2 heterocycles. The predicted octanol–water partition coefficient (Wildman–Crippen LogP) is -8.60. The molecule has 0 aliphatic carbocycles. The lowest BCUT2D eigenvalue weighted by Gasteiger charge is -2.37. The topological polar surface area (TPSA) is 416 Å². The Balaban J connectivity index is 2.02. The molecule has 0 radical (unpaired) electrons. The van der Waals surface area contributed by atoms with Crippen molar-refractivity contribution in [3.8, 4) is 0 Å². The molecule has 0 aromatic rings. The minimum Gasteiger partial charge on any atom is -0.394 e. The molecule has 11 unspecified atom stereocenters. The molecule has 0 aromatic carbocycles. The summed E-state index contributed by atoms with van der Waals surface area (Å²) in [6.45, 7) is -2.82. The van der Waals surface area contributed by atoms with Crippen LogP contribution >= 0.6 is 0 Å². The number of ether oxygens (including phenoxy) is 4. The minimum atomic E-state index is -2.37. The Hall–Kier alpha value is -2.80. The first-order valence-corrected chi connectivity index (χ1v) is 20.2. The summed E-state index contributed by atoms with van der Waals surface area (Å²) in [4.78, 5) is 50.4. The molecule has 356 valence electrons. The number of unbranched alkanes of at least 4 members (excludes halogenated alkanes) is 4. The van der Waals surface area contributed by atoms with Crippen LogP contribution in [0.15, 0.2) is 0 Å². The third-order valence-corrected chi connectivity index (χ3v) is 9.85. The number of aliphatic hydroxyl groups is 13. The van der Waals surface area contributed by atoms with Gasteiger partial charge in [0.2, 0.25) is 11.8 Å². The predicted molar refractivity (Wildman–Crippen MR) is 203 cm³/mol. The number of aliphatic hydroxyl groups excluding tert-OH is 13. The fraction of sp³-hybridized carbons (Fsp3) is 0.889. The van der Waals surface area contributed by atoms with Crippen molar-refractivity contribution in [2.45, 2.75) is 150 Å². The standard InChI is InChI=1S/C36H66N4O21/c41-13-23(48)30(60-35-21(46)11-18(44)16-58-35)26(51)28(53)33(56)39-10-6-3-7-20(32(55)38-9-5-2-1-4-8-37-25(50)15-43)40-34(57)29(54)27(52)31(24(49)14-42)61-36-22(47)12-19(45)17-59-36/h18-24,26-31,35-36,41-49,51-54H,1-17H2,(H,37,50)(H,38,55)(H,39,56)(H,40,57)/t18-,19-,20?,21?,22?,23?,24?,26?,27?,28?,29?,30?,31?,35+,36+/m1/s1. The zero-order valence-corrected chi connectivity index (χ0v) is 33.8. The van der Waals surface area contributed by atoms with Crippen molar-refractivity contribution in [2.24, 2.45) is 0 Å². The average Bonchev–Trinajstić information content (AvgIpc) is 3.24. The van der Waals surface area contributed by atoms with E-state index in [9.17, 15) is 80.5 Å². The van der Waals surface area contributed by atoms with Crippen LogP contribution in [0.5, 0.6) is 0 Å². The first-order valence-electron chi connectivity index (χ1n) is 20.2. The summed E-state index contributed by atoms with van der Waals surface area (Å²) in [7, 11) is 0. The zero-order valence-electron chi connectivity index (χ0n) is 33.8. The van der Waals surface area contributed by atoms with E-state index >= 15 is 0 Å². The van der Waals surface area contributed by atoms with Crippen LogP contribution in [0.3, 0.4) is 0 Å². The summed E-state index contributed by atoms with van der Waals surface area (Å²) in [5.41, 5.74) is 0. The lowest BCUT2D eigenvalue weighted by atomic mass is 10.0. The van der Waals surface area contributed by atoms with E-state index in [-0.39, 0.29) is 58.4 Å². The molecule has 0 aromatic heterocycles. The first kappa shape index (κ1) is 54.3. The van der Waals surface area contributed by atoms with Crippen LogP contribution in [-0.4, -0.2) is 235 Å². The van der Waals surface area contributed by atoms with Gasteiger partial charge in [-0.1, -0.05) is 12.8 Å². The molecule has 61 heavy (non-hydrogen) atoms. The Kier molecular flexibility index (Phi) is 25.7. The number of hydrogen-bond donors (Lipinski definition) is 17. The molecule has 2 aliphatic rings. The lowest BCUT2D eigenvalue weighted by molar-refractivity contribution is -0.280. The van der Waals surface area contributed by atoms with E-state index in [1.807, 2.05) is 0 Å². The van der Waals surface area contributed by atoms with Crippen LogP contribution in [0.4, 0.5) is 0 Å². The van der Waals surface area contributed by atoms with E-state index in [2.05, 4.69) is 21.3 Å². The Labute approximate surface area is 351 Å². The largest absolute Gasteiger partial charge is 0.394 e. The normalized spacial score (nSPS) is 26.4. The molecule has 17 N–H and O–H groups in total. The van der Waals surface area contributed by atoms with Crippen molar-refractivity contribution >= 4 is 23.6 Å². The fourth-order valence-corrected chi connectivity index (χ4v) is 6.33. The van der Waals surface area contributed by atoms with Gasteiger partial charge in [0, 0.05) is 32.5 Å². The van der Waals surface area contributed by atoms with Crippen LogP contribution in [0.2, 0.25) is 0 Å². The third kappa shape index (κ3) is 18.8. The maximum Gasteiger partial charge on any atom is 0.252 e. The molecule has 2 saturated heterocycles. The highest BCUT2D eigenvalue weighted by Crippen LogP contribution is 2.22. The number of rotatable bonds is 29. The highest BCUT2D eigenvalue weighted by atomic mass is 16.7. The summed E-state index contributed by atoms with van der Waals surface area (Å²) in [6, 6.07) is -1.35. The molecule has 4 amide bonds. The zero-order chi connectivity index (χ0) is 45.6. The van der Waals surface area contributed by atoms with Gasteiger partial charge in [0.1, 0.15) is 61.5 Å². The molecule has 2 fully saturated rings. The van der Waals surface area contributed by atoms with E-state index in [0.717, 1.165) is 0 Å². The monoisotopic (exact) mass is 890 g/mol. The van der Waals surface area contributed by atoms with Crippen molar-refractivity contribution in [1.29, 1.82) is 0 Å². The van der Waals surface area contributed by atoms with Gasteiger partial charge >= 0.3 is 0 Å². The van der Waals surface area contributed by atoms with E-state index in [0.29, 0.717) is 32.2 Å². The fourth-order valence-electron chi connectivity index (χ4n) is 6.33. The summed E-state index contributed by atoms with van der Waals surface area (Å²) in [5.74, 6) is -3.65. The van der Waals surface area contributed by atoms with E-state index in [4.69, 9.17) is 24.1 Å². The molecule has 0 bridgehead atoms. The summed E-state index contributed by atoms with van der Waals surface area (Å²) in [6.07, 6.45) is -22.2. The van der Waals surface area contributed by atoms with Crippen LogP contribution in [0.25, 0.3) is 0 Å². The van der Waals surface area contributed by atoms with Crippen LogP contribution in [0.1, 0.15) is 57.8 Å². The number of nitrogens with one attached hydrogen (secondary N) is 4. The maximum absolute atomic E-state index is 13.3. The van der Waals surface area contributed by atoms with Gasteiger partial charge in [0.25, 0.3) is 11.8 Å². The molecule has 25 nitrogen and oxygen atoms in total. The smallest absolute Gasteiger partial charge is 0.252 e. The number of carbonyl (C=O) groups is 4. The van der Waals surface area contributed by atoms with Crippen LogP contribution in [-0.2, 0) is 38.1 Å². The lowest BCUT2D eigenvalue weighted by Crippen LogP contribution is -2.58. The second kappa shape index (κ2) is 28.8. The van der Waals surface area contributed by atoms with Gasteiger partial charge < -0.3 is 107 Å². The van der Waals surface area contributed by atoms with E-state index in [1.54, 1.807) is 0 Å². The maximum atomic E-state index is 13.3. The molecule has 0 saturated carbocycles. The summed E-state index contributed by atoms with van der Waals surface area (Å²) in [5, 5.41) is 141. The molecular formula is C36H66N4O21. The summed E-state index contributed by atoms with van der Waals surface area (Å²) >= 11 is 0. The summed E-state index contributed by atoms with van der Waals surface area (Å²) < 4.78 is 21.1. The molecule has 15 atom stereocenters. The van der Waals surface area contributed by atoms with Crippen molar-refractivity contribution in [3.05, 3.63) is 0 Å². The Bertz CT molecular complexity index is 1290. The SMILES string of the molecule is O=C(CO)NCCCCCCNC(=O)C(CCCCNC(=O)C(O)C(O)C(O[C@@H]1OC[C@H](O)CC1O)C(O)CO)NC(=O)C(O)C(O)C(O[C@@H]1OC[C@H](O)CC1O)C(O)CO. The Morgan fingerprint density at radius 2 is 1.00 bits per heavy atom. The van der Waals surface area contributed by atoms with Gasteiger partial charge in [0.15, 0.2) is 24.8 Å². The van der Waals surface area contributed by atoms with E-state index in [1.165, 1.54) is 0 Å². The molecule has 2 aliphatic heterocycles. The van der Waals surface area contributed by atoms with Gasteiger partial charge in [-0.3, -0.25) is 19.2 Å². The first-order chi connectivity index (χ1) is 28.9. The van der Waals surface area contributed by atoms with Gasteiger partial charge in [-0.25, -0.2) is 0 Å². The average molecular weight is 891 g/mol. The van der Waals surface area contributed by atoms with Gasteiger partial charge in [-0.15, -0.1) is 0 Å². The quantitative estimate of drug-likeness (QED) is 0.0310. The Morgan fingerprint density at radius 3 is 1.44 bits per heavy atom. The highest BCUT2D eigenvalue weighted by Gasteiger charge is 2.43. The van der Waals surface area contributed by atoms with Crippen LogP contribution in [0, 0.1) is 0 Å². The minimum absolute atomic E-state index is 0.102.